The first-order valence-corrected chi connectivity index (χ1v) is 10.6. The first-order valence-electron chi connectivity index (χ1n) is 9.74. The molecule has 29 heavy (non-hydrogen) atoms. The van der Waals surface area contributed by atoms with Crippen molar-refractivity contribution in [1.82, 2.24) is 5.01 Å². The van der Waals surface area contributed by atoms with Gasteiger partial charge < -0.3 is 14.2 Å². The topological polar surface area (TPSA) is 43.3 Å². The summed E-state index contributed by atoms with van der Waals surface area (Å²) < 4.78 is 17.7. The molecule has 6 heteroatoms. The average Bonchev–Trinajstić information content (AvgIpc) is 3.44. The van der Waals surface area contributed by atoms with Gasteiger partial charge in [0.25, 0.3) is 0 Å². The van der Waals surface area contributed by atoms with Crippen LogP contribution in [0.15, 0.2) is 65.1 Å². The van der Waals surface area contributed by atoms with Crippen molar-refractivity contribution in [3.63, 3.8) is 0 Å². The molecule has 3 aromatic rings. The van der Waals surface area contributed by atoms with Gasteiger partial charge >= 0.3 is 0 Å². The number of para-hydroxylation sites is 1. The molecule has 2 atom stereocenters. The molecule has 148 valence electrons. The second kappa shape index (κ2) is 7.44. The van der Waals surface area contributed by atoms with Gasteiger partial charge in [0, 0.05) is 17.5 Å². The highest BCUT2D eigenvalue weighted by Gasteiger charge is 2.42. The Bertz CT molecular complexity index is 1030. The van der Waals surface area contributed by atoms with E-state index >= 15 is 0 Å². The molecule has 0 saturated heterocycles. The van der Waals surface area contributed by atoms with Crippen molar-refractivity contribution in [2.45, 2.75) is 25.6 Å². The van der Waals surface area contributed by atoms with Gasteiger partial charge in [0.1, 0.15) is 5.75 Å². The van der Waals surface area contributed by atoms with E-state index in [1.54, 1.807) is 18.4 Å². The second-order valence-corrected chi connectivity index (χ2v) is 7.92. The lowest BCUT2D eigenvalue weighted by Crippen LogP contribution is -2.33. The summed E-state index contributed by atoms with van der Waals surface area (Å²) >= 11 is 1.72. The number of fused-ring (bicyclic) bond motifs is 3. The highest BCUT2D eigenvalue weighted by molar-refractivity contribution is 7.12. The van der Waals surface area contributed by atoms with E-state index in [0.29, 0.717) is 6.61 Å². The molecular formula is C23H22N2O3S. The number of thiophene rings is 1. The zero-order chi connectivity index (χ0) is 19.8. The van der Waals surface area contributed by atoms with Gasteiger partial charge in [-0.25, -0.2) is 5.01 Å². The van der Waals surface area contributed by atoms with Crippen LogP contribution in [0.2, 0.25) is 0 Å². The average molecular weight is 407 g/mol. The van der Waals surface area contributed by atoms with Gasteiger partial charge in [-0.1, -0.05) is 18.2 Å². The van der Waals surface area contributed by atoms with Crippen LogP contribution < -0.4 is 14.2 Å². The molecule has 3 heterocycles. The number of benzene rings is 2. The highest BCUT2D eigenvalue weighted by atomic mass is 32.1. The molecular weight excluding hydrogens is 384 g/mol. The minimum absolute atomic E-state index is 0.114. The van der Waals surface area contributed by atoms with Crippen LogP contribution in [0.1, 0.15) is 41.6 Å². The SMILES string of the molecule is CCOc1cccc2c1O[C@@H](c1ccc(OC)cc1)N1N=C(c3cccs3)C[C@H]21. The monoisotopic (exact) mass is 406 g/mol. The van der Waals surface area contributed by atoms with Crippen molar-refractivity contribution in [2.75, 3.05) is 13.7 Å². The Labute approximate surface area is 174 Å². The maximum atomic E-state index is 6.51. The Kier molecular flexibility index (Phi) is 4.64. The number of hydrogen-bond donors (Lipinski definition) is 0. The Morgan fingerprint density at radius 1 is 1.14 bits per heavy atom. The summed E-state index contributed by atoms with van der Waals surface area (Å²) in [5.74, 6) is 2.42. The smallest absolute Gasteiger partial charge is 0.214 e. The molecule has 1 aromatic heterocycles. The zero-order valence-corrected chi connectivity index (χ0v) is 17.2. The molecule has 0 radical (unpaired) electrons. The zero-order valence-electron chi connectivity index (χ0n) is 16.4. The van der Waals surface area contributed by atoms with Crippen LogP contribution in [0, 0.1) is 0 Å². The molecule has 0 unspecified atom stereocenters. The number of nitrogens with zero attached hydrogens (tertiary/aromatic N) is 2. The quantitative estimate of drug-likeness (QED) is 0.569. The number of hydrazone groups is 1. The van der Waals surface area contributed by atoms with Crippen LogP contribution in [0.3, 0.4) is 0 Å². The van der Waals surface area contributed by atoms with Crippen molar-refractivity contribution in [3.8, 4) is 17.2 Å². The third kappa shape index (κ3) is 3.13. The number of rotatable bonds is 5. The van der Waals surface area contributed by atoms with E-state index in [1.165, 1.54) is 4.88 Å². The van der Waals surface area contributed by atoms with Crippen LogP contribution in [-0.4, -0.2) is 24.4 Å². The highest BCUT2D eigenvalue weighted by Crippen LogP contribution is 2.51. The Morgan fingerprint density at radius 3 is 2.72 bits per heavy atom. The van der Waals surface area contributed by atoms with Crippen molar-refractivity contribution in [2.24, 2.45) is 5.10 Å². The Morgan fingerprint density at radius 2 is 2.00 bits per heavy atom. The largest absolute Gasteiger partial charge is 0.497 e. The van der Waals surface area contributed by atoms with Gasteiger partial charge in [-0.2, -0.15) is 5.10 Å². The summed E-state index contributed by atoms with van der Waals surface area (Å²) in [4.78, 5) is 1.20. The summed E-state index contributed by atoms with van der Waals surface area (Å²) in [6.07, 6.45) is 0.525. The van der Waals surface area contributed by atoms with Gasteiger partial charge in [0.05, 0.1) is 30.3 Å². The Hall–Kier alpha value is -2.99. The van der Waals surface area contributed by atoms with Crippen LogP contribution in [-0.2, 0) is 0 Å². The Balaban J connectivity index is 1.60. The molecule has 0 aliphatic carbocycles. The predicted molar refractivity (Wildman–Crippen MR) is 114 cm³/mol. The van der Waals surface area contributed by atoms with Crippen LogP contribution in [0.5, 0.6) is 17.2 Å². The molecule has 0 spiro atoms. The van der Waals surface area contributed by atoms with E-state index in [1.807, 2.05) is 43.3 Å². The third-order valence-electron chi connectivity index (χ3n) is 5.29. The lowest BCUT2D eigenvalue weighted by molar-refractivity contribution is -0.0212. The van der Waals surface area contributed by atoms with Crippen LogP contribution in [0.25, 0.3) is 0 Å². The first kappa shape index (κ1) is 18.1. The molecule has 0 saturated carbocycles. The van der Waals surface area contributed by atoms with E-state index in [4.69, 9.17) is 19.3 Å². The van der Waals surface area contributed by atoms with Gasteiger partial charge in [-0.3, -0.25) is 0 Å². The van der Waals surface area contributed by atoms with Crippen molar-refractivity contribution in [3.05, 3.63) is 76.0 Å². The fourth-order valence-corrected chi connectivity index (χ4v) is 4.65. The minimum Gasteiger partial charge on any atom is -0.497 e. The lowest BCUT2D eigenvalue weighted by Gasteiger charge is -2.38. The van der Waals surface area contributed by atoms with Crippen molar-refractivity contribution < 1.29 is 14.2 Å². The lowest BCUT2D eigenvalue weighted by atomic mass is 9.97. The minimum atomic E-state index is -0.322. The normalized spacial score (nSPS) is 19.8. The van der Waals surface area contributed by atoms with E-state index in [2.05, 4.69) is 28.6 Å². The van der Waals surface area contributed by atoms with Crippen LogP contribution in [0.4, 0.5) is 0 Å². The summed E-state index contributed by atoms with van der Waals surface area (Å²) in [6.45, 7) is 2.58. The molecule has 0 amide bonds. The molecule has 5 nitrogen and oxygen atoms in total. The van der Waals surface area contributed by atoms with Gasteiger partial charge in [0.15, 0.2) is 11.5 Å². The third-order valence-corrected chi connectivity index (χ3v) is 6.21. The number of methoxy groups -OCH3 is 1. The fraction of sp³-hybridized carbons (Fsp3) is 0.261. The summed E-state index contributed by atoms with van der Waals surface area (Å²) in [5, 5.41) is 9.17. The van der Waals surface area contributed by atoms with Crippen LogP contribution >= 0.6 is 11.3 Å². The van der Waals surface area contributed by atoms with Crippen molar-refractivity contribution >= 4 is 17.0 Å². The summed E-state index contributed by atoms with van der Waals surface area (Å²) in [7, 11) is 1.67. The second-order valence-electron chi connectivity index (χ2n) is 6.97. The summed E-state index contributed by atoms with van der Waals surface area (Å²) in [5.41, 5.74) is 3.25. The predicted octanol–water partition coefficient (Wildman–Crippen LogP) is 5.40. The molecule has 2 aliphatic heterocycles. The van der Waals surface area contributed by atoms with E-state index < -0.39 is 0 Å². The van der Waals surface area contributed by atoms with E-state index in [9.17, 15) is 0 Å². The van der Waals surface area contributed by atoms with Gasteiger partial charge in [0.2, 0.25) is 6.23 Å². The van der Waals surface area contributed by atoms with Crippen molar-refractivity contribution in [1.29, 1.82) is 0 Å². The fourth-order valence-electron chi connectivity index (χ4n) is 3.93. The molecule has 0 fully saturated rings. The molecule has 5 rings (SSSR count). The molecule has 0 N–H and O–H groups in total. The maximum Gasteiger partial charge on any atom is 0.214 e. The van der Waals surface area contributed by atoms with Gasteiger partial charge in [-0.05, 0) is 48.7 Å². The maximum absolute atomic E-state index is 6.51. The number of ether oxygens (including phenoxy) is 3. The molecule has 2 aliphatic rings. The standard InChI is InChI=1S/C23H22N2O3S/c1-3-27-20-7-4-6-17-19-14-18(21-8-5-13-29-21)24-25(19)23(28-22(17)20)15-9-11-16(26-2)12-10-15/h4-13,19,23H,3,14H2,1-2H3/t19-,23+/m1/s1. The van der Waals surface area contributed by atoms with E-state index in [-0.39, 0.29) is 12.3 Å². The number of hydrogen-bond acceptors (Lipinski definition) is 6. The van der Waals surface area contributed by atoms with E-state index in [0.717, 1.165) is 40.5 Å². The summed E-state index contributed by atoms with van der Waals surface area (Å²) in [6, 6.07) is 18.4. The molecule has 2 aromatic carbocycles. The molecule has 0 bridgehead atoms. The first-order chi connectivity index (χ1) is 14.3. The van der Waals surface area contributed by atoms with Gasteiger partial charge in [-0.15, -0.1) is 11.3 Å².